The molecule has 30 heavy (non-hydrogen) atoms. The number of aryl methyl sites for hydroxylation is 1. The lowest BCUT2D eigenvalue weighted by molar-refractivity contribution is 0.613. The van der Waals surface area contributed by atoms with Crippen LogP contribution in [0.4, 0.5) is 10.3 Å². The van der Waals surface area contributed by atoms with Gasteiger partial charge in [0.05, 0.1) is 11.4 Å². The van der Waals surface area contributed by atoms with Gasteiger partial charge in [-0.2, -0.15) is 15.4 Å². The third-order valence-electron chi connectivity index (χ3n) is 4.84. The van der Waals surface area contributed by atoms with Gasteiger partial charge in [-0.15, -0.1) is 0 Å². The fourth-order valence-corrected chi connectivity index (χ4v) is 3.34. The zero-order chi connectivity index (χ0) is 20.5. The largest absolute Gasteiger partial charge is 0.352 e. The summed E-state index contributed by atoms with van der Waals surface area (Å²) >= 11 is 0. The molecular formula is C22H18FN7. The summed E-state index contributed by atoms with van der Waals surface area (Å²) in [4.78, 5) is 12.7. The van der Waals surface area contributed by atoms with Gasteiger partial charge < -0.3 is 10.3 Å². The quantitative estimate of drug-likeness (QED) is 0.405. The molecule has 0 unspecified atom stereocenters. The van der Waals surface area contributed by atoms with Crippen molar-refractivity contribution in [2.75, 3.05) is 5.32 Å². The minimum atomic E-state index is -0.256. The monoisotopic (exact) mass is 399 g/mol. The molecule has 0 radical (unpaired) electrons. The van der Waals surface area contributed by atoms with Crippen LogP contribution in [0.25, 0.3) is 33.7 Å². The molecule has 0 bridgehead atoms. The molecule has 0 amide bonds. The number of nitrogens with zero attached hydrogens (tertiary/aromatic N) is 4. The van der Waals surface area contributed by atoms with Crippen molar-refractivity contribution >= 4 is 17.0 Å². The zero-order valence-corrected chi connectivity index (χ0v) is 16.1. The number of aromatic amines is 2. The number of hydrogen-bond acceptors (Lipinski definition) is 5. The third kappa shape index (κ3) is 3.39. The summed E-state index contributed by atoms with van der Waals surface area (Å²) in [7, 11) is 0. The summed E-state index contributed by atoms with van der Waals surface area (Å²) in [5.74, 6) is 0.278. The average Bonchev–Trinajstić information content (AvgIpc) is 3.39. The Morgan fingerprint density at radius 3 is 2.67 bits per heavy atom. The number of benzene rings is 2. The number of halogens is 1. The van der Waals surface area contributed by atoms with Crippen LogP contribution in [-0.4, -0.2) is 30.4 Å². The van der Waals surface area contributed by atoms with E-state index >= 15 is 0 Å². The first-order valence-corrected chi connectivity index (χ1v) is 9.49. The van der Waals surface area contributed by atoms with E-state index in [4.69, 9.17) is 4.98 Å². The van der Waals surface area contributed by atoms with Gasteiger partial charge in [0, 0.05) is 23.4 Å². The van der Waals surface area contributed by atoms with Crippen molar-refractivity contribution in [1.82, 2.24) is 30.4 Å². The average molecular weight is 399 g/mol. The summed E-state index contributed by atoms with van der Waals surface area (Å²) in [5, 5.41) is 14.1. The lowest BCUT2D eigenvalue weighted by atomic mass is 10.1. The maximum atomic E-state index is 14.0. The maximum Gasteiger partial charge on any atom is 0.201 e. The molecule has 0 spiro atoms. The van der Waals surface area contributed by atoms with Crippen molar-refractivity contribution in [3.8, 4) is 22.6 Å². The van der Waals surface area contributed by atoms with E-state index in [-0.39, 0.29) is 5.82 Å². The number of fused-ring (bicyclic) bond motifs is 1. The van der Waals surface area contributed by atoms with Crippen molar-refractivity contribution in [1.29, 1.82) is 0 Å². The molecule has 0 saturated heterocycles. The van der Waals surface area contributed by atoms with Gasteiger partial charge in [-0.05, 0) is 37.3 Å². The number of pyridine rings is 1. The van der Waals surface area contributed by atoms with Crippen LogP contribution < -0.4 is 5.32 Å². The van der Waals surface area contributed by atoms with Crippen molar-refractivity contribution in [3.63, 3.8) is 0 Å². The fourth-order valence-electron chi connectivity index (χ4n) is 3.34. The van der Waals surface area contributed by atoms with Gasteiger partial charge in [0.2, 0.25) is 5.95 Å². The standard InChI is InChI=1S/C22H18FN7/c1-13-5-4-8-18(25-13)21-20(14-9-10-17-19(11-14)29-30-28-17)26-22(27-21)24-12-15-6-2-3-7-16(15)23/h2-11H,12H2,1H3,(H2,24,26,27)(H,28,29,30). The predicted molar refractivity (Wildman–Crippen MR) is 113 cm³/mol. The van der Waals surface area contributed by atoms with Crippen LogP contribution in [0, 0.1) is 12.7 Å². The highest BCUT2D eigenvalue weighted by atomic mass is 19.1. The zero-order valence-electron chi connectivity index (χ0n) is 16.1. The molecule has 8 heteroatoms. The second kappa shape index (κ2) is 7.40. The van der Waals surface area contributed by atoms with E-state index in [0.717, 1.165) is 39.4 Å². The van der Waals surface area contributed by atoms with Gasteiger partial charge in [-0.1, -0.05) is 30.3 Å². The van der Waals surface area contributed by atoms with Gasteiger partial charge in [-0.3, -0.25) is 4.98 Å². The van der Waals surface area contributed by atoms with Crippen molar-refractivity contribution in [2.45, 2.75) is 13.5 Å². The lowest BCUT2D eigenvalue weighted by Crippen LogP contribution is -2.02. The molecular weight excluding hydrogens is 381 g/mol. The summed E-state index contributed by atoms with van der Waals surface area (Å²) in [5.41, 5.74) is 6.16. The number of rotatable bonds is 5. The fraction of sp³-hybridized carbons (Fsp3) is 0.0909. The van der Waals surface area contributed by atoms with Crippen molar-refractivity contribution in [3.05, 3.63) is 77.7 Å². The Kier molecular flexibility index (Phi) is 4.44. The van der Waals surface area contributed by atoms with E-state index in [0.29, 0.717) is 18.1 Å². The van der Waals surface area contributed by atoms with Crippen molar-refractivity contribution < 1.29 is 4.39 Å². The summed E-state index contributed by atoms with van der Waals surface area (Å²) < 4.78 is 14.0. The SMILES string of the molecule is Cc1cccc(-c2[nH]c(NCc3ccccc3F)nc2-c2ccc3n[nH]nc3c2)n1. The molecule has 0 aliphatic rings. The van der Waals surface area contributed by atoms with E-state index in [1.807, 2.05) is 49.4 Å². The molecule has 0 aliphatic heterocycles. The molecule has 2 aromatic carbocycles. The Morgan fingerprint density at radius 2 is 1.80 bits per heavy atom. The van der Waals surface area contributed by atoms with E-state index in [1.54, 1.807) is 12.1 Å². The minimum absolute atomic E-state index is 0.256. The van der Waals surface area contributed by atoms with Gasteiger partial charge in [0.1, 0.15) is 22.5 Å². The smallest absolute Gasteiger partial charge is 0.201 e. The first kappa shape index (κ1) is 18.0. The normalized spacial score (nSPS) is 11.1. The number of aromatic nitrogens is 6. The number of hydrogen-bond donors (Lipinski definition) is 3. The van der Waals surface area contributed by atoms with Crippen LogP contribution in [0.3, 0.4) is 0 Å². The van der Waals surface area contributed by atoms with E-state index in [1.165, 1.54) is 6.07 Å². The topological polar surface area (TPSA) is 95.2 Å². The molecule has 0 saturated carbocycles. The van der Waals surface area contributed by atoms with E-state index < -0.39 is 0 Å². The highest BCUT2D eigenvalue weighted by Gasteiger charge is 2.16. The van der Waals surface area contributed by atoms with Gasteiger partial charge in [0.25, 0.3) is 0 Å². The van der Waals surface area contributed by atoms with Gasteiger partial charge in [0.15, 0.2) is 0 Å². The maximum absolute atomic E-state index is 14.0. The molecule has 3 N–H and O–H groups in total. The number of imidazole rings is 1. The van der Waals surface area contributed by atoms with Crippen LogP contribution in [0.5, 0.6) is 0 Å². The number of H-pyrrole nitrogens is 2. The Labute approximate surface area is 171 Å². The van der Waals surface area contributed by atoms with E-state index in [2.05, 4.69) is 30.7 Å². The van der Waals surface area contributed by atoms with E-state index in [9.17, 15) is 4.39 Å². The third-order valence-corrected chi connectivity index (χ3v) is 4.84. The predicted octanol–water partition coefficient (Wildman–Crippen LogP) is 4.47. The Hall–Kier alpha value is -4.07. The molecule has 3 aromatic heterocycles. The molecule has 7 nitrogen and oxygen atoms in total. The number of anilines is 1. The highest BCUT2D eigenvalue weighted by Crippen LogP contribution is 2.32. The first-order valence-electron chi connectivity index (χ1n) is 9.49. The van der Waals surface area contributed by atoms with Gasteiger partial charge >= 0.3 is 0 Å². The molecule has 0 aliphatic carbocycles. The number of nitrogens with one attached hydrogen (secondary N) is 3. The first-order chi connectivity index (χ1) is 14.7. The molecule has 5 rings (SSSR count). The molecule has 0 atom stereocenters. The Bertz CT molecular complexity index is 1340. The van der Waals surface area contributed by atoms with Crippen LogP contribution in [0.2, 0.25) is 0 Å². The summed E-state index contributed by atoms with van der Waals surface area (Å²) in [6.07, 6.45) is 0. The second-order valence-electron chi connectivity index (χ2n) is 6.95. The second-order valence-corrected chi connectivity index (χ2v) is 6.95. The summed E-state index contributed by atoms with van der Waals surface area (Å²) in [6, 6.07) is 18.3. The molecule has 0 fully saturated rings. The minimum Gasteiger partial charge on any atom is -0.352 e. The van der Waals surface area contributed by atoms with Crippen LogP contribution in [0.15, 0.2) is 60.7 Å². The van der Waals surface area contributed by atoms with Crippen LogP contribution in [0.1, 0.15) is 11.3 Å². The van der Waals surface area contributed by atoms with Gasteiger partial charge in [-0.25, -0.2) is 9.37 Å². The molecule has 148 valence electrons. The highest BCUT2D eigenvalue weighted by molar-refractivity contribution is 5.85. The summed E-state index contributed by atoms with van der Waals surface area (Å²) in [6.45, 7) is 2.25. The van der Waals surface area contributed by atoms with Crippen LogP contribution in [-0.2, 0) is 6.54 Å². The lowest BCUT2D eigenvalue weighted by Gasteiger charge is -2.04. The Morgan fingerprint density at radius 1 is 0.933 bits per heavy atom. The Balaban J connectivity index is 1.56. The molecule has 3 heterocycles. The van der Waals surface area contributed by atoms with Crippen molar-refractivity contribution in [2.24, 2.45) is 0 Å². The van der Waals surface area contributed by atoms with Crippen LogP contribution >= 0.6 is 0 Å². The molecule has 5 aromatic rings.